The van der Waals surface area contributed by atoms with Crippen molar-refractivity contribution in [2.24, 2.45) is 0 Å². The van der Waals surface area contributed by atoms with Crippen molar-refractivity contribution >= 4 is 10.8 Å². The number of hydrogen-bond donors (Lipinski definition) is 0. The smallest absolute Gasteiger partial charge is 0.256 e. The van der Waals surface area contributed by atoms with E-state index in [1.807, 2.05) is 6.92 Å². The van der Waals surface area contributed by atoms with Gasteiger partial charge >= 0.3 is 6.18 Å². The first-order valence-electron chi connectivity index (χ1n) is 7.65. The molecule has 0 radical (unpaired) electrons. The Morgan fingerprint density at radius 3 is 2.50 bits per heavy atom. The fraction of sp³-hybridized carbons (Fsp3) is 0.211. The monoisotopic (exact) mass is 333 g/mol. The Kier molecular flexibility index (Phi) is 4.26. The number of benzene rings is 2. The summed E-state index contributed by atoms with van der Waals surface area (Å²) in [4.78, 5) is 4.26. The predicted octanol–water partition coefficient (Wildman–Crippen LogP) is 6.01. The highest BCUT2D eigenvalue weighted by Crippen LogP contribution is 2.36. The summed E-state index contributed by atoms with van der Waals surface area (Å²) in [6.07, 6.45) is -1.99. The number of nitrogens with zero attached hydrogens (tertiary/aromatic N) is 1. The summed E-state index contributed by atoms with van der Waals surface area (Å²) in [6.45, 7) is 1.83. The Hall–Kier alpha value is -2.43. The van der Waals surface area contributed by atoms with Gasteiger partial charge in [-0.05, 0) is 36.2 Å². The standard InChI is InChI=1S/C19H15F4N/c1-2-4-12-11-13(7-8-16(12)19(21,22)23)18-15-5-3-6-17(20)14(15)9-10-24-18/h3,5-11H,2,4H2,1H3. The third-order valence-electron chi connectivity index (χ3n) is 3.96. The van der Waals surface area contributed by atoms with Crippen molar-refractivity contribution in [2.75, 3.05) is 0 Å². The zero-order chi connectivity index (χ0) is 17.3. The van der Waals surface area contributed by atoms with E-state index in [1.165, 1.54) is 24.4 Å². The zero-order valence-corrected chi connectivity index (χ0v) is 13.0. The summed E-state index contributed by atoms with van der Waals surface area (Å²) in [5, 5.41) is 0.985. The Labute approximate surface area is 137 Å². The second-order valence-electron chi connectivity index (χ2n) is 5.61. The SMILES string of the molecule is CCCc1cc(-c2nccc3c(F)cccc23)ccc1C(F)(F)F. The van der Waals surface area contributed by atoms with Gasteiger partial charge in [0.15, 0.2) is 0 Å². The molecule has 0 amide bonds. The quantitative estimate of drug-likeness (QED) is 0.535. The van der Waals surface area contributed by atoms with Crippen molar-refractivity contribution in [3.8, 4) is 11.3 Å². The van der Waals surface area contributed by atoms with Gasteiger partial charge in [-0.25, -0.2) is 4.39 Å². The van der Waals surface area contributed by atoms with Crippen LogP contribution in [0.1, 0.15) is 24.5 Å². The van der Waals surface area contributed by atoms with Gasteiger partial charge in [-0.2, -0.15) is 13.2 Å². The molecule has 24 heavy (non-hydrogen) atoms. The molecule has 0 N–H and O–H groups in total. The maximum Gasteiger partial charge on any atom is 0.416 e. The third-order valence-corrected chi connectivity index (χ3v) is 3.96. The molecule has 5 heteroatoms. The van der Waals surface area contributed by atoms with Crippen LogP contribution < -0.4 is 0 Å². The molecule has 0 saturated carbocycles. The zero-order valence-electron chi connectivity index (χ0n) is 13.0. The molecular formula is C19H15F4N. The van der Waals surface area contributed by atoms with E-state index in [0.29, 0.717) is 34.9 Å². The van der Waals surface area contributed by atoms with E-state index in [-0.39, 0.29) is 11.4 Å². The summed E-state index contributed by atoms with van der Waals surface area (Å²) in [6, 6.07) is 10.2. The average molecular weight is 333 g/mol. The van der Waals surface area contributed by atoms with Gasteiger partial charge in [0.25, 0.3) is 0 Å². The van der Waals surface area contributed by atoms with E-state index in [0.717, 1.165) is 6.07 Å². The molecule has 0 unspecified atom stereocenters. The molecular weight excluding hydrogens is 318 g/mol. The van der Waals surface area contributed by atoms with Gasteiger partial charge in [0.1, 0.15) is 5.82 Å². The largest absolute Gasteiger partial charge is 0.416 e. The maximum atomic E-state index is 13.9. The van der Waals surface area contributed by atoms with Gasteiger partial charge in [-0.3, -0.25) is 4.98 Å². The minimum absolute atomic E-state index is 0.234. The van der Waals surface area contributed by atoms with Crippen LogP contribution in [-0.4, -0.2) is 4.98 Å². The molecule has 0 spiro atoms. The van der Waals surface area contributed by atoms with Crippen molar-refractivity contribution < 1.29 is 17.6 Å². The van der Waals surface area contributed by atoms with Crippen molar-refractivity contribution in [3.05, 3.63) is 65.6 Å². The van der Waals surface area contributed by atoms with E-state index in [2.05, 4.69) is 4.98 Å². The summed E-state index contributed by atoms with van der Waals surface area (Å²) in [5.41, 5.74) is 0.651. The molecule has 3 rings (SSSR count). The van der Waals surface area contributed by atoms with Crippen LogP contribution in [-0.2, 0) is 12.6 Å². The predicted molar refractivity (Wildman–Crippen MR) is 86.1 cm³/mol. The van der Waals surface area contributed by atoms with Gasteiger partial charge < -0.3 is 0 Å². The van der Waals surface area contributed by atoms with Gasteiger partial charge in [-0.15, -0.1) is 0 Å². The lowest BCUT2D eigenvalue weighted by atomic mass is 9.96. The third kappa shape index (κ3) is 2.98. The second kappa shape index (κ2) is 6.23. The number of aromatic nitrogens is 1. The van der Waals surface area contributed by atoms with Crippen LogP contribution in [0.15, 0.2) is 48.7 Å². The highest BCUT2D eigenvalue weighted by molar-refractivity contribution is 5.94. The van der Waals surface area contributed by atoms with Crippen molar-refractivity contribution in [2.45, 2.75) is 25.9 Å². The summed E-state index contributed by atoms with van der Waals surface area (Å²) in [7, 11) is 0. The number of hydrogen-bond acceptors (Lipinski definition) is 1. The second-order valence-corrected chi connectivity index (χ2v) is 5.61. The van der Waals surface area contributed by atoms with Crippen LogP contribution in [0.2, 0.25) is 0 Å². The van der Waals surface area contributed by atoms with Crippen LogP contribution in [0.25, 0.3) is 22.0 Å². The molecule has 0 aliphatic rings. The molecule has 0 aliphatic carbocycles. The minimum atomic E-state index is -4.39. The molecule has 1 nitrogen and oxygen atoms in total. The molecule has 1 heterocycles. The van der Waals surface area contributed by atoms with Crippen molar-refractivity contribution in [1.82, 2.24) is 4.98 Å². The average Bonchev–Trinajstić information content (AvgIpc) is 2.54. The number of aryl methyl sites for hydroxylation is 1. The topological polar surface area (TPSA) is 12.9 Å². The lowest BCUT2D eigenvalue weighted by Crippen LogP contribution is -2.09. The highest BCUT2D eigenvalue weighted by atomic mass is 19.4. The molecule has 0 aliphatic heterocycles. The fourth-order valence-electron chi connectivity index (χ4n) is 2.89. The van der Waals surface area contributed by atoms with Crippen LogP contribution in [0.5, 0.6) is 0 Å². The van der Waals surface area contributed by atoms with Gasteiger partial charge in [0.2, 0.25) is 0 Å². The molecule has 0 fully saturated rings. The molecule has 2 aromatic carbocycles. The highest BCUT2D eigenvalue weighted by Gasteiger charge is 2.33. The molecule has 0 bridgehead atoms. The van der Waals surface area contributed by atoms with E-state index >= 15 is 0 Å². The fourth-order valence-corrected chi connectivity index (χ4v) is 2.89. The van der Waals surface area contributed by atoms with Crippen LogP contribution in [0, 0.1) is 5.82 Å². The van der Waals surface area contributed by atoms with E-state index in [9.17, 15) is 17.6 Å². The summed E-state index contributed by atoms with van der Waals surface area (Å²) < 4.78 is 53.4. The molecule has 0 atom stereocenters. The van der Waals surface area contributed by atoms with Crippen molar-refractivity contribution in [3.63, 3.8) is 0 Å². The number of pyridine rings is 1. The van der Waals surface area contributed by atoms with E-state index in [4.69, 9.17) is 0 Å². The lowest BCUT2D eigenvalue weighted by Gasteiger charge is -2.14. The van der Waals surface area contributed by atoms with E-state index < -0.39 is 11.7 Å². The molecule has 3 aromatic rings. The Bertz CT molecular complexity index is 884. The normalized spacial score (nSPS) is 11.9. The summed E-state index contributed by atoms with van der Waals surface area (Å²) >= 11 is 0. The van der Waals surface area contributed by atoms with Crippen LogP contribution >= 0.6 is 0 Å². The van der Waals surface area contributed by atoms with Gasteiger partial charge in [0.05, 0.1) is 11.3 Å². The van der Waals surface area contributed by atoms with Crippen LogP contribution in [0.4, 0.5) is 17.6 Å². The van der Waals surface area contributed by atoms with Gasteiger partial charge in [-0.1, -0.05) is 31.5 Å². The number of fused-ring (bicyclic) bond motifs is 1. The number of rotatable bonds is 3. The van der Waals surface area contributed by atoms with Crippen molar-refractivity contribution in [1.29, 1.82) is 0 Å². The molecule has 1 aromatic heterocycles. The Balaban J connectivity index is 2.21. The Morgan fingerprint density at radius 2 is 1.79 bits per heavy atom. The number of halogens is 4. The first-order chi connectivity index (χ1) is 11.4. The summed E-state index contributed by atoms with van der Waals surface area (Å²) in [5.74, 6) is -0.378. The van der Waals surface area contributed by atoms with Crippen LogP contribution in [0.3, 0.4) is 0 Å². The van der Waals surface area contributed by atoms with E-state index in [1.54, 1.807) is 18.2 Å². The molecule has 0 saturated heterocycles. The lowest BCUT2D eigenvalue weighted by molar-refractivity contribution is -0.138. The minimum Gasteiger partial charge on any atom is -0.256 e. The maximum absolute atomic E-state index is 13.9. The molecule has 124 valence electrons. The van der Waals surface area contributed by atoms with Gasteiger partial charge in [0, 0.05) is 22.5 Å². The Morgan fingerprint density at radius 1 is 1.00 bits per heavy atom. The number of alkyl halides is 3. The first-order valence-corrected chi connectivity index (χ1v) is 7.65. The first kappa shape index (κ1) is 16.4.